The first-order chi connectivity index (χ1) is 13.6. The van der Waals surface area contributed by atoms with Gasteiger partial charge in [-0.2, -0.15) is 18.2 Å². The average Bonchev–Trinajstić information content (AvgIpc) is 3.55. The fourth-order valence-corrected chi connectivity index (χ4v) is 4.96. The van der Waals surface area contributed by atoms with Crippen LogP contribution < -0.4 is 9.80 Å². The highest BCUT2D eigenvalue weighted by molar-refractivity contribution is 5.68. The number of anilines is 2. The van der Waals surface area contributed by atoms with Gasteiger partial charge in [0, 0.05) is 31.6 Å². The summed E-state index contributed by atoms with van der Waals surface area (Å²) in [4.78, 5) is 22.9. The molecule has 4 aliphatic rings. The summed E-state index contributed by atoms with van der Waals surface area (Å²) in [6.07, 6.45) is -3.67. The Bertz CT molecular complexity index is 848. The molecule has 1 aromatic rings. The van der Waals surface area contributed by atoms with Gasteiger partial charge in [-0.15, -0.1) is 0 Å². The predicted octanol–water partition coefficient (Wildman–Crippen LogP) is 2.10. The topological polar surface area (TPSA) is 89.8 Å². The van der Waals surface area contributed by atoms with Crippen LogP contribution in [0.3, 0.4) is 0 Å². The molecule has 7 nitrogen and oxygen atoms in total. The Kier molecular flexibility index (Phi) is 4.04. The van der Waals surface area contributed by atoms with Crippen LogP contribution in [0, 0.1) is 17.8 Å². The third-order valence-corrected chi connectivity index (χ3v) is 6.94. The van der Waals surface area contributed by atoms with E-state index in [0.717, 1.165) is 0 Å². The number of β-amino-alcohol motifs (C(OH)–C–C–N with tert-alkyl or cyclic N) is 1. The molecular weight excluding hydrogens is 389 g/mol. The van der Waals surface area contributed by atoms with Crippen LogP contribution in [0.25, 0.3) is 0 Å². The highest BCUT2D eigenvalue weighted by Gasteiger charge is 2.57. The van der Waals surface area contributed by atoms with Gasteiger partial charge in [0.25, 0.3) is 0 Å². The zero-order valence-corrected chi connectivity index (χ0v) is 15.9. The standard InChI is InChI=1S/C19H23F3N4O3/c1-8-13(27)7-26(8)18-23-16(19(20,21)22)15(9-2-3-9)17(24-18)25-5-11-10(4-14(28)29)12(11)6-25/h8-13,27H,2-7H2,1H3,(H,28,29)/t8-,10-,11+,12-,13+/m0/s1. The van der Waals surface area contributed by atoms with E-state index in [9.17, 15) is 23.1 Å². The van der Waals surface area contributed by atoms with Gasteiger partial charge < -0.3 is 20.0 Å². The number of carbonyl (C=O) groups is 1. The maximum Gasteiger partial charge on any atom is 0.433 e. The molecule has 0 aromatic carbocycles. The summed E-state index contributed by atoms with van der Waals surface area (Å²) in [7, 11) is 0. The number of alkyl halides is 3. The van der Waals surface area contributed by atoms with E-state index < -0.39 is 23.9 Å². The van der Waals surface area contributed by atoms with Gasteiger partial charge in [0.05, 0.1) is 12.1 Å². The van der Waals surface area contributed by atoms with Crippen LogP contribution in [0.1, 0.15) is 43.4 Å². The number of halogens is 3. The van der Waals surface area contributed by atoms with Gasteiger partial charge in [0.15, 0.2) is 5.69 Å². The number of aliphatic hydroxyl groups is 1. The Morgan fingerprint density at radius 1 is 1.17 bits per heavy atom. The van der Waals surface area contributed by atoms with E-state index in [1.165, 1.54) is 0 Å². The zero-order valence-electron chi connectivity index (χ0n) is 15.9. The number of piperidine rings is 1. The minimum atomic E-state index is -4.58. The van der Waals surface area contributed by atoms with Crippen LogP contribution in [0.4, 0.5) is 24.9 Å². The molecule has 0 radical (unpaired) electrons. The van der Waals surface area contributed by atoms with Gasteiger partial charge in [-0.3, -0.25) is 4.79 Å². The first-order valence-electron chi connectivity index (χ1n) is 10.1. The number of aliphatic carboxylic acids is 1. The molecule has 0 unspecified atom stereocenters. The minimum Gasteiger partial charge on any atom is -0.481 e. The Morgan fingerprint density at radius 3 is 2.31 bits per heavy atom. The van der Waals surface area contributed by atoms with Gasteiger partial charge in [-0.25, -0.2) is 4.98 Å². The summed E-state index contributed by atoms with van der Waals surface area (Å²) in [5, 5.41) is 18.8. The predicted molar refractivity (Wildman–Crippen MR) is 96.8 cm³/mol. The fourth-order valence-electron chi connectivity index (χ4n) is 4.96. The van der Waals surface area contributed by atoms with Gasteiger partial charge in [0.2, 0.25) is 5.95 Å². The average molecular weight is 412 g/mol. The number of aliphatic hydroxyl groups excluding tert-OH is 1. The van der Waals surface area contributed by atoms with Crippen molar-refractivity contribution in [2.24, 2.45) is 17.8 Å². The van der Waals surface area contributed by atoms with Gasteiger partial charge in [-0.1, -0.05) is 0 Å². The normalized spacial score (nSPS) is 33.5. The quantitative estimate of drug-likeness (QED) is 0.766. The third-order valence-electron chi connectivity index (χ3n) is 6.94. The van der Waals surface area contributed by atoms with E-state index in [-0.39, 0.29) is 54.2 Å². The Labute approximate surface area is 165 Å². The molecule has 0 amide bonds. The number of hydrogen-bond acceptors (Lipinski definition) is 6. The lowest BCUT2D eigenvalue weighted by Gasteiger charge is -2.43. The first-order valence-corrected chi connectivity index (χ1v) is 10.1. The number of rotatable bonds is 5. The molecule has 10 heteroatoms. The summed E-state index contributed by atoms with van der Waals surface area (Å²) in [5.41, 5.74) is -0.678. The third kappa shape index (κ3) is 3.12. The van der Waals surface area contributed by atoms with E-state index in [1.54, 1.807) is 11.8 Å². The lowest BCUT2D eigenvalue weighted by molar-refractivity contribution is -0.142. The summed E-state index contributed by atoms with van der Waals surface area (Å²) < 4.78 is 41.7. The maximum atomic E-state index is 13.9. The number of carboxylic acid groups (broad SMARTS) is 1. The SMILES string of the molecule is C[C@H]1[C@H](O)CN1c1nc(N2C[C@@H]3[C@H](CC(=O)O)[C@@H]3C2)c(C2CC2)c(C(F)(F)F)n1. The van der Waals surface area contributed by atoms with Crippen LogP contribution in [-0.2, 0) is 11.0 Å². The van der Waals surface area contributed by atoms with Crippen molar-refractivity contribution >= 4 is 17.7 Å². The summed E-state index contributed by atoms with van der Waals surface area (Å²) in [6, 6.07) is -0.331. The molecule has 2 saturated heterocycles. The molecule has 5 atom stereocenters. The molecule has 158 valence electrons. The molecule has 2 saturated carbocycles. The van der Waals surface area contributed by atoms with E-state index in [2.05, 4.69) is 9.97 Å². The molecule has 2 aliphatic heterocycles. The van der Waals surface area contributed by atoms with E-state index in [4.69, 9.17) is 5.11 Å². The highest BCUT2D eigenvalue weighted by Crippen LogP contribution is 2.56. The number of nitrogens with zero attached hydrogens (tertiary/aromatic N) is 4. The van der Waals surface area contributed by atoms with Gasteiger partial charge in [-0.05, 0) is 43.4 Å². The zero-order chi connectivity index (χ0) is 20.7. The molecule has 2 aliphatic carbocycles. The molecule has 3 heterocycles. The van der Waals surface area contributed by atoms with Crippen LogP contribution in [0.2, 0.25) is 0 Å². The van der Waals surface area contributed by atoms with E-state index in [0.29, 0.717) is 31.7 Å². The second-order valence-electron chi connectivity index (χ2n) is 8.84. The molecule has 0 bridgehead atoms. The largest absolute Gasteiger partial charge is 0.481 e. The lowest BCUT2D eigenvalue weighted by Crippen LogP contribution is -2.59. The Hall–Kier alpha value is -2.10. The number of aromatic nitrogens is 2. The molecular formula is C19H23F3N4O3. The fraction of sp³-hybridized carbons (Fsp3) is 0.737. The second kappa shape index (κ2) is 6.20. The van der Waals surface area contributed by atoms with Crippen LogP contribution in [-0.4, -0.2) is 57.9 Å². The summed E-state index contributed by atoms with van der Waals surface area (Å²) >= 11 is 0. The Morgan fingerprint density at radius 2 is 1.83 bits per heavy atom. The van der Waals surface area contributed by atoms with Gasteiger partial charge in [0.1, 0.15) is 5.82 Å². The lowest BCUT2D eigenvalue weighted by atomic mass is 10.0. The van der Waals surface area contributed by atoms with Crippen molar-refractivity contribution in [3.05, 3.63) is 11.3 Å². The molecule has 1 aromatic heterocycles. The first kappa shape index (κ1) is 18.9. The monoisotopic (exact) mass is 412 g/mol. The van der Waals surface area contributed by atoms with Crippen LogP contribution in [0.5, 0.6) is 0 Å². The van der Waals surface area contributed by atoms with Crippen molar-refractivity contribution in [2.75, 3.05) is 29.4 Å². The van der Waals surface area contributed by atoms with E-state index in [1.807, 2.05) is 4.90 Å². The van der Waals surface area contributed by atoms with Crippen molar-refractivity contribution in [1.29, 1.82) is 0 Å². The van der Waals surface area contributed by atoms with Crippen LogP contribution >= 0.6 is 0 Å². The summed E-state index contributed by atoms with van der Waals surface area (Å²) in [5.74, 6) is -0.129. The van der Waals surface area contributed by atoms with Crippen molar-refractivity contribution < 1.29 is 28.2 Å². The maximum absolute atomic E-state index is 13.9. The van der Waals surface area contributed by atoms with Crippen molar-refractivity contribution in [2.45, 2.75) is 50.4 Å². The number of hydrogen-bond donors (Lipinski definition) is 2. The summed E-state index contributed by atoms with van der Waals surface area (Å²) in [6.45, 7) is 3.02. The molecule has 2 N–H and O–H groups in total. The van der Waals surface area contributed by atoms with Crippen molar-refractivity contribution in [3.8, 4) is 0 Å². The smallest absolute Gasteiger partial charge is 0.433 e. The molecule has 5 rings (SSSR count). The number of fused-ring (bicyclic) bond motifs is 1. The van der Waals surface area contributed by atoms with Crippen molar-refractivity contribution in [3.63, 3.8) is 0 Å². The number of carboxylic acids is 1. The van der Waals surface area contributed by atoms with Gasteiger partial charge >= 0.3 is 12.1 Å². The minimum absolute atomic E-state index is 0.0113. The highest BCUT2D eigenvalue weighted by atomic mass is 19.4. The molecule has 4 fully saturated rings. The molecule has 0 spiro atoms. The van der Waals surface area contributed by atoms with Crippen LogP contribution in [0.15, 0.2) is 0 Å². The molecule has 29 heavy (non-hydrogen) atoms. The second-order valence-corrected chi connectivity index (χ2v) is 8.84. The van der Waals surface area contributed by atoms with E-state index >= 15 is 0 Å². The van der Waals surface area contributed by atoms with Crippen molar-refractivity contribution in [1.82, 2.24) is 9.97 Å². The Balaban J connectivity index is 1.50.